The van der Waals surface area contributed by atoms with Gasteiger partial charge in [-0.1, -0.05) is 31.9 Å². The van der Waals surface area contributed by atoms with Gasteiger partial charge in [-0.25, -0.2) is 0 Å². The normalized spacial score (nSPS) is 13.0. The third kappa shape index (κ3) is 7.80. The lowest BCUT2D eigenvalue weighted by atomic mass is 10.2. The van der Waals surface area contributed by atoms with Crippen molar-refractivity contribution in [2.75, 3.05) is 13.1 Å². The molecule has 0 bridgehead atoms. The van der Waals surface area contributed by atoms with Gasteiger partial charge < -0.3 is 14.8 Å². The Kier molecular flexibility index (Phi) is 7.36. The van der Waals surface area contributed by atoms with Crippen molar-refractivity contribution in [2.45, 2.75) is 45.6 Å². The Bertz CT molecular complexity index is 410. The van der Waals surface area contributed by atoms with Crippen molar-refractivity contribution >= 4 is 0 Å². The highest BCUT2D eigenvalue weighted by molar-refractivity contribution is 5.39. The minimum atomic E-state index is -4.72. The third-order valence-corrected chi connectivity index (χ3v) is 2.79. The number of alkyl halides is 3. The van der Waals surface area contributed by atoms with Crippen LogP contribution >= 0.6 is 0 Å². The number of ether oxygens (including phenoxy) is 2. The average Bonchev–Trinajstić information content (AvgIpc) is 2.39. The second kappa shape index (κ2) is 8.77. The minimum Gasteiger partial charge on any atom is -0.485 e. The van der Waals surface area contributed by atoms with E-state index >= 15 is 0 Å². The van der Waals surface area contributed by atoms with E-state index in [2.05, 4.69) is 17.0 Å². The van der Waals surface area contributed by atoms with Crippen LogP contribution in [0.15, 0.2) is 24.3 Å². The highest BCUT2D eigenvalue weighted by Gasteiger charge is 2.32. The van der Waals surface area contributed by atoms with Crippen molar-refractivity contribution in [1.29, 1.82) is 0 Å². The Morgan fingerprint density at radius 2 is 1.81 bits per heavy atom. The summed E-state index contributed by atoms with van der Waals surface area (Å²) in [4.78, 5) is 0. The topological polar surface area (TPSA) is 30.5 Å². The molecule has 0 aliphatic rings. The first-order chi connectivity index (χ1) is 9.92. The van der Waals surface area contributed by atoms with E-state index in [0.717, 1.165) is 25.8 Å². The highest BCUT2D eigenvalue weighted by Crippen LogP contribution is 2.32. The van der Waals surface area contributed by atoms with Gasteiger partial charge in [0.15, 0.2) is 11.5 Å². The van der Waals surface area contributed by atoms with Crippen molar-refractivity contribution in [3.63, 3.8) is 0 Å². The van der Waals surface area contributed by atoms with E-state index < -0.39 is 6.36 Å². The van der Waals surface area contributed by atoms with E-state index in [1.54, 1.807) is 13.0 Å². The number of hydrogen-bond donors (Lipinski definition) is 1. The molecule has 0 fully saturated rings. The van der Waals surface area contributed by atoms with Gasteiger partial charge in [-0.05, 0) is 32.0 Å². The zero-order valence-corrected chi connectivity index (χ0v) is 12.4. The van der Waals surface area contributed by atoms with E-state index in [9.17, 15) is 13.2 Å². The van der Waals surface area contributed by atoms with Crippen molar-refractivity contribution in [3.8, 4) is 11.5 Å². The summed E-state index contributed by atoms with van der Waals surface area (Å²) in [6, 6.07) is 5.79. The molecule has 6 heteroatoms. The maximum absolute atomic E-state index is 12.3. The summed E-state index contributed by atoms with van der Waals surface area (Å²) in [5.41, 5.74) is 0. The Hall–Kier alpha value is -1.43. The first-order valence-electron chi connectivity index (χ1n) is 7.14. The molecule has 1 rings (SSSR count). The maximum Gasteiger partial charge on any atom is 0.573 e. The molecule has 1 aromatic rings. The minimum absolute atomic E-state index is 0.0951. The molecule has 0 heterocycles. The molecule has 0 aliphatic heterocycles. The van der Waals surface area contributed by atoms with Gasteiger partial charge in [0.25, 0.3) is 0 Å². The van der Waals surface area contributed by atoms with E-state index in [-0.39, 0.29) is 17.6 Å². The summed E-state index contributed by atoms with van der Waals surface area (Å²) < 4.78 is 46.3. The summed E-state index contributed by atoms with van der Waals surface area (Å²) >= 11 is 0. The first-order valence-corrected chi connectivity index (χ1v) is 7.14. The third-order valence-electron chi connectivity index (χ3n) is 2.79. The lowest BCUT2D eigenvalue weighted by molar-refractivity contribution is -0.275. The Morgan fingerprint density at radius 3 is 2.43 bits per heavy atom. The smallest absolute Gasteiger partial charge is 0.485 e. The molecule has 1 atom stereocenters. The zero-order chi connectivity index (χ0) is 15.7. The predicted octanol–water partition coefficient (Wildman–Crippen LogP) is 4.13. The van der Waals surface area contributed by atoms with Crippen LogP contribution in [0.5, 0.6) is 11.5 Å². The van der Waals surface area contributed by atoms with E-state index in [0.29, 0.717) is 6.54 Å². The number of unbranched alkanes of at least 4 members (excludes halogenated alkanes) is 2. The summed E-state index contributed by atoms with van der Waals surface area (Å²) in [7, 11) is 0. The number of benzene rings is 1. The molecule has 21 heavy (non-hydrogen) atoms. The fraction of sp³-hybridized carbons (Fsp3) is 0.600. The van der Waals surface area contributed by atoms with Gasteiger partial charge >= 0.3 is 6.36 Å². The molecule has 0 radical (unpaired) electrons. The van der Waals surface area contributed by atoms with E-state index in [4.69, 9.17) is 4.74 Å². The van der Waals surface area contributed by atoms with Gasteiger partial charge in [0.1, 0.15) is 6.10 Å². The van der Waals surface area contributed by atoms with E-state index in [1.807, 2.05) is 0 Å². The van der Waals surface area contributed by atoms with Crippen LogP contribution in [0.25, 0.3) is 0 Å². The summed E-state index contributed by atoms with van der Waals surface area (Å²) in [6.45, 7) is 5.38. The van der Waals surface area contributed by atoms with Gasteiger partial charge in [0.2, 0.25) is 0 Å². The second-order valence-electron chi connectivity index (χ2n) is 4.83. The highest BCUT2D eigenvalue weighted by atomic mass is 19.4. The van der Waals surface area contributed by atoms with Crippen molar-refractivity contribution in [1.82, 2.24) is 5.32 Å². The van der Waals surface area contributed by atoms with E-state index in [1.165, 1.54) is 18.2 Å². The van der Waals surface area contributed by atoms with Crippen LogP contribution in [0.4, 0.5) is 13.2 Å². The fourth-order valence-electron chi connectivity index (χ4n) is 1.82. The molecule has 1 aromatic carbocycles. The number of para-hydroxylation sites is 2. The Labute approximate surface area is 123 Å². The Balaban J connectivity index is 2.46. The van der Waals surface area contributed by atoms with Crippen LogP contribution < -0.4 is 14.8 Å². The number of halogens is 3. The fourth-order valence-corrected chi connectivity index (χ4v) is 1.82. The molecule has 0 spiro atoms. The van der Waals surface area contributed by atoms with Gasteiger partial charge in [-0.2, -0.15) is 0 Å². The van der Waals surface area contributed by atoms with Crippen LogP contribution in [-0.2, 0) is 0 Å². The molecule has 1 unspecified atom stereocenters. The lowest BCUT2D eigenvalue weighted by Gasteiger charge is -2.18. The van der Waals surface area contributed by atoms with Crippen LogP contribution in [-0.4, -0.2) is 25.6 Å². The molecule has 0 saturated heterocycles. The van der Waals surface area contributed by atoms with Gasteiger partial charge in [0, 0.05) is 6.54 Å². The molecule has 0 amide bonds. The molecule has 0 aromatic heterocycles. The number of hydrogen-bond acceptors (Lipinski definition) is 3. The molecule has 3 nitrogen and oxygen atoms in total. The SMILES string of the molecule is CCCCCNCC(C)Oc1ccccc1OC(F)(F)F. The molecular formula is C15H22F3NO2. The summed E-state index contributed by atoms with van der Waals surface area (Å²) in [5, 5.41) is 3.22. The van der Waals surface area contributed by atoms with Crippen molar-refractivity contribution in [2.24, 2.45) is 0 Å². The van der Waals surface area contributed by atoms with Crippen molar-refractivity contribution < 1.29 is 22.6 Å². The maximum atomic E-state index is 12.3. The first kappa shape index (κ1) is 17.6. The molecule has 120 valence electrons. The van der Waals surface area contributed by atoms with Gasteiger partial charge in [-0.15, -0.1) is 13.2 Å². The largest absolute Gasteiger partial charge is 0.573 e. The number of nitrogens with one attached hydrogen (secondary N) is 1. The summed E-state index contributed by atoms with van der Waals surface area (Å²) in [6.07, 6.45) is -1.58. The molecular weight excluding hydrogens is 283 g/mol. The van der Waals surface area contributed by atoms with Gasteiger partial charge in [0.05, 0.1) is 0 Å². The Morgan fingerprint density at radius 1 is 1.14 bits per heavy atom. The van der Waals surface area contributed by atoms with Crippen LogP contribution in [0.3, 0.4) is 0 Å². The molecule has 0 saturated carbocycles. The zero-order valence-electron chi connectivity index (χ0n) is 12.4. The van der Waals surface area contributed by atoms with Crippen LogP contribution in [0.1, 0.15) is 33.1 Å². The molecule has 1 N–H and O–H groups in total. The van der Waals surface area contributed by atoms with Crippen LogP contribution in [0, 0.1) is 0 Å². The summed E-state index contributed by atoms with van der Waals surface area (Å²) in [5.74, 6) is -0.222. The predicted molar refractivity (Wildman–Crippen MR) is 75.6 cm³/mol. The second-order valence-corrected chi connectivity index (χ2v) is 4.83. The standard InChI is InChI=1S/C15H22F3NO2/c1-3-4-7-10-19-11-12(2)20-13-8-5-6-9-14(13)21-15(16,17)18/h5-6,8-9,12,19H,3-4,7,10-11H2,1-2H3. The average molecular weight is 305 g/mol. The monoisotopic (exact) mass is 305 g/mol. The van der Waals surface area contributed by atoms with Gasteiger partial charge in [-0.3, -0.25) is 0 Å². The quantitative estimate of drug-likeness (QED) is 0.696. The van der Waals surface area contributed by atoms with Crippen molar-refractivity contribution in [3.05, 3.63) is 24.3 Å². The number of rotatable bonds is 9. The van der Waals surface area contributed by atoms with Crippen LogP contribution in [0.2, 0.25) is 0 Å². The molecule has 0 aliphatic carbocycles. The lowest BCUT2D eigenvalue weighted by Crippen LogP contribution is -2.30.